The standard InChI is InChI=1S/C16H23ClN2O/c1-4-12-5-7-19(8-6-12)16(20)13-9-14(11(2)3)18-15(17)10-13/h9-12H,4-8H2,1-3H3. The van der Waals surface area contributed by atoms with Gasteiger partial charge in [0.25, 0.3) is 5.91 Å². The van der Waals surface area contributed by atoms with E-state index in [1.165, 1.54) is 6.42 Å². The number of aromatic nitrogens is 1. The maximum absolute atomic E-state index is 12.6. The zero-order valence-electron chi connectivity index (χ0n) is 12.5. The van der Waals surface area contributed by atoms with Crippen LogP contribution in [-0.2, 0) is 0 Å². The molecule has 0 spiro atoms. The topological polar surface area (TPSA) is 33.2 Å². The Bertz CT molecular complexity index is 479. The number of likely N-dealkylation sites (tertiary alicyclic amines) is 1. The second kappa shape index (κ2) is 6.57. The van der Waals surface area contributed by atoms with Gasteiger partial charge in [-0.05, 0) is 36.8 Å². The summed E-state index contributed by atoms with van der Waals surface area (Å²) < 4.78 is 0. The summed E-state index contributed by atoms with van der Waals surface area (Å²) in [7, 11) is 0. The Morgan fingerprint density at radius 3 is 2.60 bits per heavy atom. The van der Waals surface area contributed by atoms with Crippen LogP contribution in [0.3, 0.4) is 0 Å². The molecular weight excluding hydrogens is 272 g/mol. The Hall–Kier alpha value is -1.09. The molecule has 0 bridgehead atoms. The van der Waals surface area contributed by atoms with Crippen molar-refractivity contribution in [3.05, 3.63) is 28.5 Å². The summed E-state index contributed by atoms with van der Waals surface area (Å²) in [6.07, 6.45) is 3.43. The van der Waals surface area contributed by atoms with Crippen LogP contribution in [0.25, 0.3) is 0 Å². The number of halogens is 1. The zero-order chi connectivity index (χ0) is 14.7. The molecule has 1 aromatic rings. The number of rotatable bonds is 3. The van der Waals surface area contributed by atoms with Gasteiger partial charge < -0.3 is 4.90 Å². The van der Waals surface area contributed by atoms with Gasteiger partial charge in [-0.15, -0.1) is 0 Å². The number of carbonyl (C=O) groups excluding carboxylic acids is 1. The van der Waals surface area contributed by atoms with Crippen molar-refractivity contribution in [3.63, 3.8) is 0 Å². The fraction of sp³-hybridized carbons (Fsp3) is 0.625. The minimum Gasteiger partial charge on any atom is -0.339 e. The molecule has 0 atom stereocenters. The fourth-order valence-corrected chi connectivity index (χ4v) is 2.88. The first kappa shape index (κ1) is 15.3. The van der Waals surface area contributed by atoms with E-state index in [4.69, 9.17) is 11.6 Å². The first-order valence-corrected chi connectivity index (χ1v) is 7.85. The average Bonchev–Trinajstić information content (AvgIpc) is 2.46. The third-order valence-corrected chi connectivity index (χ3v) is 4.33. The predicted molar refractivity (Wildman–Crippen MR) is 82.3 cm³/mol. The highest BCUT2D eigenvalue weighted by atomic mass is 35.5. The Morgan fingerprint density at radius 2 is 2.05 bits per heavy atom. The minimum absolute atomic E-state index is 0.0887. The number of nitrogens with zero attached hydrogens (tertiary/aromatic N) is 2. The van der Waals surface area contributed by atoms with Gasteiger partial charge in [0.15, 0.2) is 0 Å². The van der Waals surface area contributed by atoms with Crippen LogP contribution in [0.4, 0.5) is 0 Å². The van der Waals surface area contributed by atoms with Crippen LogP contribution >= 0.6 is 11.6 Å². The molecule has 1 amide bonds. The lowest BCUT2D eigenvalue weighted by molar-refractivity contribution is 0.0688. The van der Waals surface area contributed by atoms with E-state index in [0.29, 0.717) is 10.7 Å². The number of carbonyl (C=O) groups is 1. The molecule has 0 aromatic carbocycles. The molecule has 1 aromatic heterocycles. The van der Waals surface area contributed by atoms with Crippen LogP contribution in [0, 0.1) is 5.92 Å². The highest BCUT2D eigenvalue weighted by molar-refractivity contribution is 6.29. The van der Waals surface area contributed by atoms with Gasteiger partial charge >= 0.3 is 0 Å². The monoisotopic (exact) mass is 294 g/mol. The molecule has 1 fully saturated rings. The van der Waals surface area contributed by atoms with Gasteiger partial charge in [-0.2, -0.15) is 0 Å². The summed E-state index contributed by atoms with van der Waals surface area (Å²) in [6, 6.07) is 3.56. The van der Waals surface area contributed by atoms with Crippen molar-refractivity contribution in [1.29, 1.82) is 0 Å². The number of piperidine rings is 1. The first-order chi connectivity index (χ1) is 9.51. The van der Waals surface area contributed by atoms with E-state index >= 15 is 0 Å². The van der Waals surface area contributed by atoms with Gasteiger partial charge in [0.05, 0.1) is 0 Å². The smallest absolute Gasteiger partial charge is 0.254 e. The Morgan fingerprint density at radius 1 is 1.40 bits per heavy atom. The summed E-state index contributed by atoms with van der Waals surface area (Å²) >= 11 is 6.04. The third kappa shape index (κ3) is 3.51. The van der Waals surface area contributed by atoms with E-state index in [1.54, 1.807) is 6.07 Å². The predicted octanol–water partition coefficient (Wildman–Crippen LogP) is 4.12. The van der Waals surface area contributed by atoms with E-state index < -0.39 is 0 Å². The van der Waals surface area contributed by atoms with Gasteiger partial charge in [-0.3, -0.25) is 4.79 Å². The molecule has 110 valence electrons. The normalized spacial score (nSPS) is 16.8. The van der Waals surface area contributed by atoms with Crippen LogP contribution in [0.5, 0.6) is 0 Å². The average molecular weight is 295 g/mol. The number of hydrogen-bond acceptors (Lipinski definition) is 2. The molecule has 2 rings (SSSR count). The maximum Gasteiger partial charge on any atom is 0.254 e. The third-order valence-electron chi connectivity index (χ3n) is 4.13. The van der Waals surface area contributed by atoms with E-state index in [-0.39, 0.29) is 11.8 Å². The van der Waals surface area contributed by atoms with E-state index in [1.807, 2.05) is 11.0 Å². The number of amides is 1. The largest absolute Gasteiger partial charge is 0.339 e. The maximum atomic E-state index is 12.6. The first-order valence-electron chi connectivity index (χ1n) is 7.48. The molecule has 0 aliphatic carbocycles. The van der Waals surface area contributed by atoms with E-state index in [0.717, 1.165) is 37.5 Å². The second-order valence-electron chi connectivity index (χ2n) is 5.90. The molecule has 1 aliphatic heterocycles. The van der Waals surface area contributed by atoms with Crippen molar-refractivity contribution in [1.82, 2.24) is 9.88 Å². The summed E-state index contributed by atoms with van der Waals surface area (Å²) in [5, 5.41) is 0.406. The van der Waals surface area contributed by atoms with Gasteiger partial charge in [0.2, 0.25) is 0 Å². The molecule has 0 unspecified atom stereocenters. The van der Waals surface area contributed by atoms with Crippen molar-refractivity contribution in [2.75, 3.05) is 13.1 Å². The molecule has 0 N–H and O–H groups in total. The van der Waals surface area contributed by atoms with E-state index in [2.05, 4.69) is 25.8 Å². The van der Waals surface area contributed by atoms with Crippen LogP contribution in [-0.4, -0.2) is 28.9 Å². The molecule has 2 heterocycles. The van der Waals surface area contributed by atoms with Crippen molar-refractivity contribution in [2.24, 2.45) is 5.92 Å². The highest BCUT2D eigenvalue weighted by Crippen LogP contribution is 2.23. The zero-order valence-corrected chi connectivity index (χ0v) is 13.3. The summed E-state index contributed by atoms with van der Waals surface area (Å²) in [5.74, 6) is 1.13. The summed E-state index contributed by atoms with van der Waals surface area (Å²) in [5.41, 5.74) is 1.55. The quantitative estimate of drug-likeness (QED) is 0.786. The summed E-state index contributed by atoms with van der Waals surface area (Å²) in [4.78, 5) is 18.8. The molecular formula is C16H23ClN2O. The number of hydrogen-bond donors (Lipinski definition) is 0. The van der Waals surface area contributed by atoms with Crippen LogP contribution < -0.4 is 0 Å². The molecule has 1 aliphatic rings. The van der Waals surface area contributed by atoms with Crippen molar-refractivity contribution in [3.8, 4) is 0 Å². The van der Waals surface area contributed by atoms with Crippen LogP contribution in [0.1, 0.15) is 62.0 Å². The lowest BCUT2D eigenvalue weighted by Crippen LogP contribution is -2.38. The minimum atomic E-state index is 0.0887. The molecule has 3 nitrogen and oxygen atoms in total. The van der Waals surface area contributed by atoms with Gasteiger partial charge in [-0.1, -0.05) is 38.8 Å². The van der Waals surface area contributed by atoms with Crippen molar-refractivity contribution >= 4 is 17.5 Å². The Labute approximate surface area is 126 Å². The van der Waals surface area contributed by atoms with Crippen molar-refractivity contribution < 1.29 is 4.79 Å². The Kier molecular flexibility index (Phi) is 5.03. The van der Waals surface area contributed by atoms with E-state index in [9.17, 15) is 4.79 Å². The second-order valence-corrected chi connectivity index (χ2v) is 6.29. The van der Waals surface area contributed by atoms with Gasteiger partial charge in [0.1, 0.15) is 5.15 Å². The van der Waals surface area contributed by atoms with Crippen LogP contribution in [0.15, 0.2) is 12.1 Å². The SMILES string of the molecule is CCC1CCN(C(=O)c2cc(Cl)nc(C(C)C)c2)CC1. The van der Waals surface area contributed by atoms with Gasteiger partial charge in [-0.25, -0.2) is 4.98 Å². The fourth-order valence-electron chi connectivity index (χ4n) is 2.66. The molecule has 4 heteroatoms. The Balaban J connectivity index is 2.13. The molecule has 0 saturated carbocycles. The number of pyridine rings is 1. The molecule has 0 radical (unpaired) electrons. The highest BCUT2D eigenvalue weighted by Gasteiger charge is 2.23. The molecule has 20 heavy (non-hydrogen) atoms. The van der Waals surface area contributed by atoms with Crippen LogP contribution in [0.2, 0.25) is 5.15 Å². The molecule has 1 saturated heterocycles. The summed E-state index contributed by atoms with van der Waals surface area (Å²) in [6.45, 7) is 8.04. The van der Waals surface area contributed by atoms with Gasteiger partial charge in [0, 0.05) is 24.3 Å². The van der Waals surface area contributed by atoms with Crippen molar-refractivity contribution in [2.45, 2.75) is 46.0 Å². The lowest BCUT2D eigenvalue weighted by Gasteiger charge is -2.31. The lowest BCUT2D eigenvalue weighted by atomic mass is 9.94.